The fourth-order valence-corrected chi connectivity index (χ4v) is 1.94. The minimum atomic E-state index is -0.521. The molecule has 0 aromatic heterocycles. The molecule has 0 heterocycles. The fraction of sp³-hybridized carbons (Fsp3) is 0.235. The summed E-state index contributed by atoms with van der Waals surface area (Å²) in [6, 6.07) is 16.6. The highest BCUT2D eigenvalue weighted by Crippen LogP contribution is 2.20. The van der Waals surface area contributed by atoms with Crippen LogP contribution in [0.1, 0.15) is 30.6 Å². The minimum absolute atomic E-state index is 0.226. The van der Waals surface area contributed by atoms with Crippen molar-refractivity contribution in [3.63, 3.8) is 0 Å². The van der Waals surface area contributed by atoms with Gasteiger partial charge in [-0.1, -0.05) is 49.4 Å². The molecule has 0 unspecified atom stereocenters. The molecule has 0 aliphatic carbocycles. The zero-order chi connectivity index (χ0) is 15.1. The molecule has 110 valence electrons. The zero-order valence-electron chi connectivity index (χ0n) is 12.0. The Kier molecular flexibility index (Phi) is 5.35. The number of benzene rings is 2. The maximum atomic E-state index is 11.7. The summed E-state index contributed by atoms with van der Waals surface area (Å²) in [5.74, 6) is 0. The van der Waals surface area contributed by atoms with Crippen LogP contribution in [0, 0.1) is 0 Å². The smallest absolute Gasteiger partial charge is 0.411 e. The van der Waals surface area contributed by atoms with Crippen molar-refractivity contribution in [3.8, 4) is 0 Å². The second kappa shape index (κ2) is 7.45. The summed E-state index contributed by atoms with van der Waals surface area (Å²) in [5, 5.41) is 12.5. The molecular weight excluding hydrogens is 266 g/mol. The van der Waals surface area contributed by atoms with Gasteiger partial charge < -0.3 is 9.84 Å². The van der Waals surface area contributed by atoms with E-state index < -0.39 is 12.2 Å². The first kappa shape index (κ1) is 15.1. The Morgan fingerprint density at radius 3 is 2.67 bits per heavy atom. The number of carbonyl (C=O) groups excluding carboxylic acids is 1. The number of aliphatic hydroxyl groups excluding tert-OH is 1. The van der Waals surface area contributed by atoms with E-state index in [0.29, 0.717) is 12.1 Å². The highest BCUT2D eigenvalue weighted by Gasteiger charge is 2.08. The summed E-state index contributed by atoms with van der Waals surface area (Å²) in [7, 11) is 0. The molecule has 21 heavy (non-hydrogen) atoms. The Balaban J connectivity index is 1.90. The van der Waals surface area contributed by atoms with E-state index in [4.69, 9.17) is 4.74 Å². The van der Waals surface area contributed by atoms with E-state index >= 15 is 0 Å². The maximum Gasteiger partial charge on any atom is 0.411 e. The second-order valence-electron chi connectivity index (χ2n) is 4.74. The van der Waals surface area contributed by atoms with E-state index in [1.807, 2.05) is 43.3 Å². The predicted octanol–water partition coefficient (Wildman–Crippen LogP) is 3.88. The highest BCUT2D eigenvalue weighted by atomic mass is 16.5. The molecule has 0 fully saturated rings. The standard InChI is InChI=1S/C17H19NO3/c1-2-16(19)14-9-6-10-15(11-14)18-17(20)21-12-13-7-4-3-5-8-13/h3-11,16,19H,2,12H2,1H3,(H,18,20)/t16-/m0/s1. The fourth-order valence-electron chi connectivity index (χ4n) is 1.94. The summed E-state index contributed by atoms with van der Waals surface area (Å²) in [4.78, 5) is 11.7. The number of hydrogen-bond donors (Lipinski definition) is 2. The van der Waals surface area contributed by atoms with Gasteiger partial charge in [0.1, 0.15) is 6.61 Å². The molecule has 0 aliphatic heterocycles. The van der Waals surface area contributed by atoms with Gasteiger partial charge in [0.25, 0.3) is 0 Å². The number of hydrogen-bond acceptors (Lipinski definition) is 3. The van der Waals surface area contributed by atoms with Gasteiger partial charge in [-0.2, -0.15) is 0 Å². The average Bonchev–Trinajstić information content (AvgIpc) is 2.53. The van der Waals surface area contributed by atoms with E-state index in [0.717, 1.165) is 11.1 Å². The van der Waals surface area contributed by atoms with Gasteiger partial charge in [-0.05, 0) is 29.7 Å². The van der Waals surface area contributed by atoms with Crippen LogP contribution in [0.5, 0.6) is 0 Å². The van der Waals surface area contributed by atoms with Crippen LogP contribution in [0.4, 0.5) is 10.5 Å². The molecule has 0 bridgehead atoms. The number of aliphatic hydroxyl groups is 1. The van der Waals surface area contributed by atoms with E-state index in [2.05, 4.69) is 5.32 Å². The van der Waals surface area contributed by atoms with Crippen molar-refractivity contribution in [2.24, 2.45) is 0 Å². The van der Waals surface area contributed by atoms with Gasteiger partial charge in [0.2, 0.25) is 0 Å². The lowest BCUT2D eigenvalue weighted by Crippen LogP contribution is -2.13. The lowest BCUT2D eigenvalue weighted by Gasteiger charge is -2.11. The molecule has 4 nitrogen and oxygen atoms in total. The molecule has 4 heteroatoms. The topological polar surface area (TPSA) is 58.6 Å². The first-order valence-electron chi connectivity index (χ1n) is 6.94. The van der Waals surface area contributed by atoms with Gasteiger partial charge in [-0.15, -0.1) is 0 Å². The summed E-state index contributed by atoms with van der Waals surface area (Å²) >= 11 is 0. The number of nitrogens with one attached hydrogen (secondary N) is 1. The molecule has 1 amide bonds. The van der Waals surface area contributed by atoms with Crippen molar-refractivity contribution in [2.45, 2.75) is 26.1 Å². The first-order chi connectivity index (χ1) is 10.2. The molecule has 0 spiro atoms. The number of rotatable bonds is 5. The highest BCUT2D eigenvalue weighted by molar-refractivity contribution is 5.84. The van der Waals surface area contributed by atoms with Crippen LogP contribution in [0.15, 0.2) is 54.6 Å². The van der Waals surface area contributed by atoms with Gasteiger partial charge in [-0.25, -0.2) is 4.79 Å². The summed E-state index contributed by atoms with van der Waals surface area (Å²) in [6.07, 6.45) is -0.406. The summed E-state index contributed by atoms with van der Waals surface area (Å²) in [6.45, 7) is 2.13. The van der Waals surface area contributed by atoms with Crippen LogP contribution < -0.4 is 5.32 Å². The monoisotopic (exact) mass is 285 g/mol. The number of amides is 1. The molecule has 2 rings (SSSR count). The van der Waals surface area contributed by atoms with E-state index in [9.17, 15) is 9.90 Å². The number of anilines is 1. The van der Waals surface area contributed by atoms with Crippen molar-refractivity contribution in [3.05, 3.63) is 65.7 Å². The summed E-state index contributed by atoms with van der Waals surface area (Å²) < 4.78 is 5.15. The SMILES string of the molecule is CC[C@H](O)c1cccc(NC(=O)OCc2ccccc2)c1. The van der Waals surface area contributed by atoms with Crippen molar-refractivity contribution in [1.29, 1.82) is 0 Å². The van der Waals surface area contributed by atoms with Crippen molar-refractivity contribution >= 4 is 11.8 Å². The van der Waals surface area contributed by atoms with Crippen LogP contribution in [0.3, 0.4) is 0 Å². The normalized spacial score (nSPS) is 11.7. The molecule has 0 saturated heterocycles. The van der Waals surface area contributed by atoms with Gasteiger partial charge in [0, 0.05) is 5.69 Å². The number of ether oxygens (including phenoxy) is 1. The lowest BCUT2D eigenvalue weighted by molar-refractivity contribution is 0.155. The van der Waals surface area contributed by atoms with Crippen molar-refractivity contribution in [1.82, 2.24) is 0 Å². The molecule has 0 radical (unpaired) electrons. The Morgan fingerprint density at radius 1 is 1.19 bits per heavy atom. The predicted molar refractivity (Wildman–Crippen MR) is 81.9 cm³/mol. The Labute approximate surface area is 124 Å². The average molecular weight is 285 g/mol. The first-order valence-corrected chi connectivity index (χ1v) is 6.94. The minimum Gasteiger partial charge on any atom is -0.444 e. The Morgan fingerprint density at radius 2 is 1.95 bits per heavy atom. The largest absolute Gasteiger partial charge is 0.444 e. The molecule has 0 saturated carbocycles. The Hall–Kier alpha value is -2.33. The third kappa shape index (κ3) is 4.61. The molecule has 2 N–H and O–H groups in total. The van der Waals surface area contributed by atoms with Gasteiger partial charge in [-0.3, -0.25) is 5.32 Å². The van der Waals surface area contributed by atoms with Crippen LogP contribution in [-0.4, -0.2) is 11.2 Å². The van der Waals surface area contributed by atoms with Crippen molar-refractivity contribution < 1.29 is 14.6 Å². The summed E-state index contributed by atoms with van der Waals surface area (Å²) in [5.41, 5.74) is 2.32. The third-order valence-corrected chi connectivity index (χ3v) is 3.12. The van der Waals surface area contributed by atoms with Gasteiger partial charge in [0.15, 0.2) is 0 Å². The van der Waals surface area contributed by atoms with Crippen LogP contribution in [0.2, 0.25) is 0 Å². The molecule has 0 aliphatic rings. The lowest BCUT2D eigenvalue weighted by atomic mass is 10.1. The van der Waals surface area contributed by atoms with Gasteiger partial charge in [0.05, 0.1) is 6.10 Å². The number of carbonyl (C=O) groups is 1. The van der Waals surface area contributed by atoms with Gasteiger partial charge >= 0.3 is 6.09 Å². The van der Waals surface area contributed by atoms with Crippen LogP contribution in [-0.2, 0) is 11.3 Å². The molecule has 1 atom stereocenters. The van der Waals surface area contributed by atoms with Crippen LogP contribution in [0.25, 0.3) is 0 Å². The molecule has 2 aromatic carbocycles. The van der Waals surface area contributed by atoms with Crippen molar-refractivity contribution in [2.75, 3.05) is 5.32 Å². The quantitative estimate of drug-likeness (QED) is 0.876. The van der Waals surface area contributed by atoms with E-state index in [1.165, 1.54) is 0 Å². The third-order valence-electron chi connectivity index (χ3n) is 3.12. The zero-order valence-corrected chi connectivity index (χ0v) is 12.0. The Bertz CT molecular complexity index is 584. The van der Waals surface area contributed by atoms with Crippen LogP contribution >= 0.6 is 0 Å². The molecular formula is C17H19NO3. The second-order valence-corrected chi connectivity index (χ2v) is 4.74. The maximum absolute atomic E-state index is 11.7. The van der Waals surface area contributed by atoms with E-state index in [1.54, 1.807) is 18.2 Å². The molecule has 2 aromatic rings. The van der Waals surface area contributed by atoms with E-state index in [-0.39, 0.29) is 6.61 Å².